The highest BCUT2D eigenvalue weighted by atomic mass is 15.0. The molecule has 0 saturated heterocycles. The largest absolute Gasteiger partial charge is 0.208 e. The third kappa shape index (κ3) is 5.09. The van der Waals surface area contributed by atoms with Crippen molar-refractivity contribution >= 4 is 10.8 Å². The van der Waals surface area contributed by atoms with Gasteiger partial charge in [0.1, 0.15) is 0 Å². The van der Waals surface area contributed by atoms with Gasteiger partial charge in [0.25, 0.3) is 0 Å². The van der Waals surface area contributed by atoms with E-state index in [1.54, 1.807) is 0 Å². The van der Waals surface area contributed by atoms with Gasteiger partial charge in [0.15, 0.2) is 17.5 Å². The van der Waals surface area contributed by atoms with Crippen LogP contribution in [0.3, 0.4) is 0 Å². The fourth-order valence-electron chi connectivity index (χ4n) is 8.20. The summed E-state index contributed by atoms with van der Waals surface area (Å²) in [5, 5.41) is 2.39. The van der Waals surface area contributed by atoms with E-state index in [0.29, 0.717) is 17.5 Å². The van der Waals surface area contributed by atoms with Gasteiger partial charge in [-0.3, -0.25) is 0 Å². The lowest BCUT2D eigenvalue weighted by molar-refractivity contribution is 0.768. The molecule has 248 valence electrons. The van der Waals surface area contributed by atoms with Crippen molar-refractivity contribution in [1.29, 1.82) is 0 Å². The van der Waals surface area contributed by atoms with E-state index in [4.69, 9.17) is 15.0 Å². The van der Waals surface area contributed by atoms with E-state index >= 15 is 0 Å². The van der Waals surface area contributed by atoms with E-state index < -0.39 is 5.41 Å². The van der Waals surface area contributed by atoms with Gasteiger partial charge in [-0.25, -0.2) is 15.0 Å². The predicted molar refractivity (Wildman–Crippen MR) is 216 cm³/mol. The van der Waals surface area contributed by atoms with Crippen LogP contribution in [0.15, 0.2) is 200 Å². The van der Waals surface area contributed by atoms with E-state index in [1.807, 2.05) is 36.4 Å². The SMILES string of the molecule is c1ccc(-c2nc(-c3ccccc3)nc(-c3cc4c(cc3-c3ccc5ccccc5c3)-c3ccccc3C4(c3ccccc3)c3ccccc3)n2)cc1. The molecule has 1 aliphatic rings. The normalized spacial score (nSPS) is 12.7. The first kappa shape index (κ1) is 30.8. The van der Waals surface area contributed by atoms with Crippen molar-refractivity contribution in [3.63, 3.8) is 0 Å². The minimum absolute atomic E-state index is 0.567. The molecule has 1 heterocycles. The van der Waals surface area contributed by atoms with E-state index in [-0.39, 0.29) is 0 Å². The number of hydrogen-bond donors (Lipinski definition) is 0. The fraction of sp³-hybridized carbons (Fsp3) is 0.0200. The zero-order valence-electron chi connectivity index (χ0n) is 28.9. The molecule has 0 bridgehead atoms. The molecule has 0 amide bonds. The number of fused-ring (bicyclic) bond motifs is 4. The van der Waals surface area contributed by atoms with Gasteiger partial charge in [-0.05, 0) is 73.5 Å². The van der Waals surface area contributed by atoms with Crippen molar-refractivity contribution in [1.82, 2.24) is 15.0 Å². The van der Waals surface area contributed by atoms with E-state index in [2.05, 4.69) is 164 Å². The van der Waals surface area contributed by atoms with Gasteiger partial charge in [-0.15, -0.1) is 0 Å². The van der Waals surface area contributed by atoms with Crippen molar-refractivity contribution in [2.75, 3.05) is 0 Å². The molecule has 0 spiro atoms. The summed E-state index contributed by atoms with van der Waals surface area (Å²) in [6.45, 7) is 0. The Morgan fingerprint density at radius 3 is 1.42 bits per heavy atom. The number of rotatable bonds is 6. The van der Waals surface area contributed by atoms with Gasteiger partial charge in [0.05, 0.1) is 5.41 Å². The summed E-state index contributed by atoms with van der Waals surface area (Å²) in [5.41, 5.74) is 11.8. The molecule has 0 atom stereocenters. The summed E-state index contributed by atoms with van der Waals surface area (Å²) in [6.07, 6.45) is 0. The summed E-state index contributed by atoms with van der Waals surface area (Å²) in [6, 6.07) is 71.2. The summed E-state index contributed by atoms with van der Waals surface area (Å²) >= 11 is 0. The van der Waals surface area contributed by atoms with Gasteiger partial charge in [-0.2, -0.15) is 0 Å². The van der Waals surface area contributed by atoms with E-state index in [0.717, 1.165) is 27.8 Å². The highest BCUT2D eigenvalue weighted by Crippen LogP contribution is 2.58. The fourth-order valence-corrected chi connectivity index (χ4v) is 8.20. The molecule has 1 aromatic heterocycles. The average molecular weight is 676 g/mol. The molecule has 0 unspecified atom stereocenters. The number of hydrogen-bond acceptors (Lipinski definition) is 3. The van der Waals surface area contributed by atoms with Gasteiger partial charge >= 0.3 is 0 Å². The number of aromatic nitrogens is 3. The standard InChI is InChI=1S/C50H33N3/c1-5-18-35(19-6-1)47-51-48(36-20-7-2-8-21-36)53-49(52-47)44-33-46-43(32-42(44)38-30-29-34-17-13-14-22-37(34)31-38)41-27-15-16-28-45(41)50(46,39-23-9-3-10-24-39)40-25-11-4-12-26-40/h1-33H. The van der Waals surface area contributed by atoms with Gasteiger partial charge in [0.2, 0.25) is 0 Å². The number of nitrogens with zero attached hydrogens (tertiary/aromatic N) is 3. The van der Waals surface area contributed by atoms with Crippen LogP contribution < -0.4 is 0 Å². The second-order valence-corrected chi connectivity index (χ2v) is 13.6. The zero-order valence-corrected chi connectivity index (χ0v) is 28.9. The summed E-state index contributed by atoms with van der Waals surface area (Å²) in [7, 11) is 0. The molecule has 10 rings (SSSR count). The van der Waals surface area contributed by atoms with Crippen molar-refractivity contribution in [3.8, 4) is 56.4 Å². The first-order chi connectivity index (χ1) is 26.3. The maximum Gasteiger partial charge on any atom is 0.164 e. The highest BCUT2D eigenvalue weighted by molar-refractivity contribution is 5.96. The van der Waals surface area contributed by atoms with Crippen LogP contribution in [-0.4, -0.2) is 15.0 Å². The molecule has 3 heteroatoms. The lowest BCUT2D eigenvalue weighted by Crippen LogP contribution is -2.28. The first-order valence-corrected chi connectivity index (χ1v) is 18.0. The van der Waals surface area contributed by atoms with Gasteiger partial charge in [0, 0.05) is 16.7 Å². The van der Waals surface area contributed by atoms with Crippen LogP contribution in [0, 0.1) is 0 Å². The zero-order chi connectivity index (χ0) is 35.2. The second-order valence-electron chi connectivity index (χ2n) is 13.6. The quantitative estimate of drug-likeness (QED) is 0.176. The van der Waals surface area contributed by atoms with Crippen LogP contribution >= 0.6 is 0 Å². The van der Waals surface area contributed by atoms with Gasteiger partial charge in [-0.1, -0.05) is 182 Å². The third-order valence-electron chi connectivity index (χ3n) is 10.6. The third-order valence-corrected chi connectivity index (χ3v) is 10.6. The molecule has 1 aliphatic carbocycles. The van der Waals surface area contributed by atoms with Crippen LogP contribution in [0.25, 0.3) is 67.2 Å². The maximum absolute atomic E-state index is 5.29. The monoisotopic (exact) mass is 675 g/mol. The number of benzene rings is 8. The molecule has 0 fully saturated rings. The molecule has 53 heavy (non-hydrogen) atoms. The Bertz CT molecular complexity index is 2660. The van der Waals surface area contributed by atoms with Crippen molar-refractivity contribution < 1.29 is 0 Å². The Hall–Kier alpha value is -6.97. The molecular weight excluding hydrogens is 643 g/mol. The Labute approximate surface area is 309 Å². The lowest BCUT2D eigenvalue weighted by Gasteiger charge is -2.34. The summed E-state index contributed by atoms with van der Waals surface area (Å²) in [4.78, 5) is 15.6. The molecule has 9 aromatic rings. The molecule has 0 saturated carbocycles. The van der Waals surface area contributed by atoms with Crippen LogP contribution in [0.2, 0.25) is 0 Å². The Kier molecular flexibility index (Phi) is 7.36. The lowest BCUT2D eigenvalue weighted by atomic mass is 9.67. The Balaban J connectivity index is 1.34. The molecular formula is C50H33N3. The van der Waals surface area contributed by atoms with E-state index in [1.165, 1.54) is 44.2 Å². The molecule has 0 radical (unpaired) electrons. The van der Waals surface area contributed by atoms with Crippen LogP contribution in [0.4, 0.5) is 0 Å². The second kappa shape index (κ2) is 12.7. The highest BCUT2D eigenvalue weighted by Gasteiger charge is 2.46. The molecule has 8 aromatic carbocycles. The molecule has 0 aliphatic heterocycles. The predicted octanol–water partition coefficient (Wildman–Crippen LogP) is 12.1. The summed E-state index contributed by atoms with van der Waals surface area (Å²) < 4.78 is 0. The summed E-state index contributed by atoms with van der Waals surface area (Å²) in [5.74, 6) is 1.91. The molecule has 0 N–H and O–H groups in total. The van der Waals surface area contributed by atoms with Crippen molar-refractivity contribution in [3.05, 3.63) is 222 Å². The minimum Gasteiger partial charge on any atom is -0.208 e. The van der Waals surface area contributed by atoms with Gasteiger partial charge < -0.3 is 0 Å². The maximum atomic E-state index is 5.29. The molecule has 3 nitrogen and oxygen atoms in total. The topological polar surface area (TPSA) is 38.7 Å². The van der Waals surface area contributed by atoms with Crippen LogP contribution in [-0.2, 0) is 5.41 Å². The van der Waals surface area contributed by atoms with Crippen molar-refractivity contribution in [2.24, 2.45) is 0 Å². The average Bonchev–Trinajstić information content (AvgIpc) is 3.54. The van der Waals surface area contributed by atoms with Crippen LogP contribution in [0.5, 0.6) is 0 Å². The minimum atomic E-state index is -0.567. The van der Waals surface area contributed by atoms with Crippen LogP contribution in [0.1, 0.15) is 22.3 Å². The van der Waals surface area contributed by atoms with E-state index in [9.17, 15) is 0 Å². The Morgan fingerprint density at radius 2 is 0.792 bits per heavy atom. The first-order valence-electron chi connectivity index (χ1n) is 18.0. The Morgan fingerprint density at radius 1 is 0.283 bits per heavy atom. The van der Waals surface area contributed by atoms with Crippen molar-refractivity contribution in [2.45, 2.75) is 5.41 Å². The smallest absolute Gasteiger partial charge is 0.164 e.